The fraction of sp³-hybridized carbons (Fsp3) is 0.692. The van der Waals surface area contributed by atoms with Crippen LogP contribution in [-0.4, -0.2) is 46.4 Å². The van der Waals surface area contributed by atoms with E-state index in [9.17, 15) is 9.90 Å². The van der Waals surface area contributed by atoms with E-state index in [1.54, 1.807) is 0 Å². The van der Waals surface area contributed by atoms with Gasteiger partial charge in [0.1, 0.15) is 0 Å². The van der Waals surface area contributed by atoms with E-state index >= 15 is 0 Å². The first kappa shape index (κ1) is 22.3. The number of amides is 1. The standard InChI is InChI=1S/C26H39N3O2/c1-16(24(27)23-20(18-9-10-18)7-6-8-21(23)28-5)11-22(30)29-17(2)12-25(3)13-19(29)14-26(4,31)15-25/h6-8,16-19,27-28,31H,9-15H2,1-5H3. The van der Waals surface area contributed by atoms with Gasteiger partial charge in [-0.2, -0.15) is 0 Å². The number of piperidine rings is 1. The van der Waals surface area contributed by atoms with E-state index in [0.717, 1.165) is 30.5 Å². The number of benzene rings is 1. The molecule has 5 nitrogen and oxygen atoms in total. The zero-order valence-electron chi connectivity index (χ0n) is 19.8. The highest BCUT2D eigenvalue weighted by molar-refractivity contribution is 6.07. The van der Waals surface area contributed by atoms with Crippen LogP contribution >= 0.6 is 0 Å². The molecule has 5 unspecified atom stereocenters. The Labute approximate surface area is 187 Å². The van der Waals surface area contributed by atoms with Gasteiger partial charge in [-0.25, -0.2) is 0 Å². The van der Waals surface area contributed by atoms with Crippen molar-refractivity contribution in [1.82, 2.24) is 4.90 Å². The molecule has 3 fully saturated rings. The Balaban J connectivity index is 1.52. The zero-order chi connectivity index (χ0) is 22.6. The number of hydrogen-bond donors (Lipinski definition) is 3. The van der Waals surface area contributed by atoms with E-state index in [-0.39, 0.29) is 29.3 Å². The predicted molar refractivity (Wildman–Crippen MR) is 126 cm³/mol. The lowest BCUT2D eigenvalue weighted by Gasteiger charge is -2.56. The van der Waals surface area contributed by atoms with Gasteiger partial charge in [0, 0.05) is 48.4 Å². The number of fused-ring (bicyclic) bond motifs is 2. The Hall–Kier alpha value is -1.88. The number of rotatable bonds is 6. The minimum Gasteiger partial charge on any atom is -0.390 e. The van der Waals surface area contributed by atoms with E-state index in [2.05, 4.69) is 31.3 Å². The molecule has 1 aliphatic heterocycles. The molecule has 3 N–H and O–H groups in total. The van der Waals surface area contributed by atoms with Crippen molar-refractivity contribution in [3.05, 3.63) is 29.3 Å². The number of carbonyl (C=O) groups is 1. The van der Waals surface area contributed by atoms with Gasteiger partial charge in [0.25, 0.3) is 0 Å². The van der Waals surface area contributed by atoms with Gasteiger partial charge in [0.15, 0.2) is 0 Å². The summed E-state index contributed by atoms with van der Waals surface area (Å²) in [6, 6.07) is 6.52. The van der Waals surface area contributed by atoms with Crippen LogP contribution in [0.25, 0.3) is 0 Å². The van der Waals surface area contributed by atoms with Crippen molar-refractivity contribution in [2.75, 3.05) is 12.4 Å². The summed E-state index contributed by atoms with van der Waals surface area (Å²) < 4.78 is 0. The summed E-state index contributed by atoms with van der Waals surface area (Å²) in [5, 5.41) is 23.1. The van der Waals surface area contributed by atoms with Crippen molar-refractivity contribution in [3.63, 3.8) is 0 Å². The molecule has 4 rings (SSSR count). The summed E-state index contributed by atoms with van der Waals surface area (Å²) in [5.41, 5.74) is 3.18. The number of anilines is 1. The van der Waals surface area contributed by atoms with Crippen molar-refractivity contribution in [2.24, 2.45) is 11.3 Å². The molecule has 1 saturated heterocycles. The van der Waals surface area contributed by atoms with Crippen molar-refractivity contribution < 1.29 is 9.90 Å². The quantitative estimate of drug-likeness (QED) is 0.566. The minimum atomic E-state index is -0.709. The van der Waals surface area contributed by atoms with E-state index in [4.69, 9.17) is 5.41 Å². The van der Waals surface area contributed by atoms with Crippen LogP contribution in [0.1, 0.15) is 89.7 Å². The van der Waals surface area contributed by atoms with Crippen molar-refractivity contribution >= 4 is 17.3 Å². The first-order valence-corrected chi connectivity index (χ1v) is 12.0. The third-order valence-electron chi connectivity index (χ3n) is 7.78. The molecule has 5 heteroatoms. The second kappa shape index (κ2) is 7.91. The van der Waals surface area contributed by atoms with Crippen LogP contribution in [0, 0.1) is 16.7 Å². The molecule has 0 aromatic heterocycles. The summed E-state index contributed by atoms with van der Waals surface area (Å²) in [5.74, 6) is 0.532. The summed E-state index contributed by atoms with van der Waals surface area (Å²) in [6.45, 7) is 8.35. The fourth-order valence-corrected chi connectivity index (χ4v) is 6.71. The third kappa shape index (κ3) is 4.39. The van der Waals surface area contributed by atoms with Crippen LogP contribution in [0.3, 0.4) is 0 Å². The SMILES string of the molecule is CNc1cccc(C2CC2)c1C(=N)C(C)CC(=O)N1C(C)CC2(C)CC1CC(C)(O)C2. The molecule has 1 aromatic rings. The number of likely N-dealkylation sites (tertiary alicyclic amines) is 1. The van der Waals surface area contributed by atoms with Crippen LogP contribution in [0.5, 0.6) is 0 Å². The van der Waals surface area contributed by atoms with Gasteiger partial charge in [-0.15, -0.1) is 0 Å². The summed E-state index contributed by atoms with van der Waals surface area (Å²) >= 11 is 0. The molecule has 31 heavy (non-hydrogen) atoms. The minimum absolute atomic E-state index is 0.0954. The largest absolute Gasteiger partial charge is 0.390 e. The Bertz CT molecular complexity index is 869. The number of nitrogens with zero attached hydrogens (tertiary/aromatic N) is 1. The zero-order valence-corrected chi connectivity index (χ0v) is 19.8. The lowest BCUT2D eigenvalue weighted by atomic mass is 9.61. The second-order valence-electron chi connectivity index (χ2n) is 11.2. The first-order chi connectivity index (χ1) is 14.5. The summed E-state index contributed by atoms with van der Waals surface area (Å²) in [4.78, 5) is 15.5. The maximum Gasteiger partial charge on any atom is 0.223 e. The van der Waals surface area contributed by atoms with Crippen LogP contribution in [0.4, 0.5) is 5.69 Å². The van der Waals surface area contributed by atoms with Gasteiger partial charge in [-0.1, -0.05) is 26.0 Å². The van der Waals surface area contributed by atoms with Crippen molar-refractivity contribution in [3.8, 4) is 0 Å². The van der Waals surface area contributed by atoms with E-state index in [1.807, 2.05) is 31.9 Å². The average Bonchev–Trinajstić information content (AvgIpc) is 3.49. The molecule has 5 atom stereocenters. The molecular weight excluding hydrogens is 386 g/mol. The van der Waals surface area contributed by atoms with Gasteiger partial charge in [-0.3, -0.25) is 4.79 Å². The highest BCUT2D eigenvalue weighted by Crippen LogP contribution is 2.50. The highest BCUT2D eigenvalue weighted by Gasteiger charge is 2.50. The Morgan fingerprint density at radius 3 is 2.65 bits per heavy atom. The molecule has 2 aliphatic carbocycles. The van der Waals surface area contributed by atoms with E-state index < -0.39 is 5.60 Å². The predicted octanol–water partition coefficient (Wildman–Crippen LogP) is 4.93. The van der Waals surface area contributed by atoms with E-state index in [1.165, 1.54) is 18.4 Å². The molecule has 2 bridgehead atoms. The van der Waals surface area contributed by atoms with Crippen molar-refractivity contribution in [1.29, 1.82) is 5.41 Å². The molecule has 1 heterocycles. The molecule has 2 saturated carbocycles. The monoisotopic (exact) mass is 425 g/mol. The smallest absolute Gasteiger partial charge is 0.223 e. The lowest BCUT2D eigenvalue weighted by molar-refractivity contribution is -0.154. The van der Waals surface area contributed by atoms with Crippen LogP contribution in [0.2, 0.25) is 0 Å². The number of nitrogens with one attached hydrogen (secondary N) is 2. The van der Waals surface area contributed by atoms with Gasteiger partial charge in [0.05, 0.1) is 5.60 Å². The molecule has 1 amide bonds. The highest BCUT2D eigenvalue weighted by atomic mass is 16.3. The fourth-order valence-electron chi connectivity index (χ4n) is 6.71. The lowest BCUT2D eigenvalue weighted by Crippen LogP contribution is -2.60. The first-order valence-electron chi connectivity index (χ1n) is 12.0. The second-order valence-corrected chi connectivity index (χ2v) is 11.2. The Kier molecular flexibility index (Phi) is 5.70. The van der Waals surface area contributed by atoms with Gasteiger partial charge in [-0.05, 0) is 75.3 Å². The number of aliphatic hydroxyl groups is 1. The maximum atomic E-state index is 13.5. The molecule has 1 aromatic carbocycles. The Morgan fingerprint density at radius 1 is 1.29 bits per heavy atom. The number of carbonyl (C=O) groups excluding carboxylic acids is 1. The molecular formula is C26H39N3O2. The van der Waals surface area contributed by atoms with Gasteiger partial charge in [0.2, 0.25) is 5.91 Å². The van der Waals surface area contributed by atoms with Gasteiger partial charge >= 0.3 is 0 Å². The van der Waals surface area contributed by atoms with Crippen molar-refractivity contribution in [2.45, 2.75) is 96.2 Å². The molecule has 0 spiro atoms. The molecule has 3 aliphatic rings. The van der Waals surface area contributed by atoms with Gasteiger partial charge < -0.3 is 20.7 Å². The van der Waals surface area contributed by atoms with Crippen LogP contribution in [0.15, 0.2) is 18.2 Å². The molecule has 170 valence electrons. The Morgan fingerprint density at radius 2 is 2.00 bits per heavy atom. The topological polar surface area (TPSA) is 76.4 Å². The average molecular weight is 426 g/mol. The third-order valence-corrected chi connectivity index (χ3v) is 7.78. The summed E-state index contributed by atoms with van der Waals surface area (Å²) in [6.07, 6.45) is 6.10. The van der Waals surface area contributed by atoms with Crippen LogP contribution < -0.4 is 5.32 Å². The maximum absolute atomic E-state index is 13.5. The van der Waals surface area contributed by atoms with E-state index in [0.29, 0.717) is 24.5 Å². The normalized spacial score (nSPS) is 33.7. The number of hydrogen-bond acceptors (Lipinski definition) is 4. The van der Waals surface area contributed by atoms with Crippen LogP contribution in [-0.2, 0) is 4.79 Å². The summed E-state index contributed by atoms with van der Waals surface area (Å²) in [7, 11) is 1.90. The molecule has 0 radical (unpaired) electrons.